The van der Waals surface area contributed by atoms with Gasteiger partial charge in [-0.25, -0.2) is 4.79 Å². The van der Waals surface area contributed by atoms with E-state index in [-0.39, 0.29) is 11.6 Å². The van der Waals surface area contributed by atoms with Gasteiger partial charge in [0.1, 0.15) is 6.07 Å². The molecule has 0 radical (unpaired) electrons. The summed E-state index contributed by atoms with van der Waals surface area (Å²) in [4.78, 5) is 10.3. The fraction of sp³-hybridized carbons (Fsp3) is 0.200. The van der Waals surface area contributed by atoms with Crippen LogP contribution in [0.25, 0.3) is 0 Å². The second-order valence-electron chi connectivity index (χ2n) is 3.04. The average molecular weight is 241 g/mol. The van der Waals surface area contributed by atoms with E-state index in [0.29, 0.717) is 11.3 Å². The van der Waals surface area contributed by atoms with Crippen LogP contribution in [-0.4, -0.2) is 28.8 Å². The highest BCUT2D eigenvalue weighted by molar-refractivity contribution is 6.32. The van der Waals surface area contributed by atoms with Gasteiger partial charge in [0.25, 0.3) is 0 Å². The molecular weight excluding hydrogens is 232 g/mol. The number of halogens is 1. The minimum Gasteiger partial charge on any atom is -0.479 e. The van der Waals surface area contributed by atoms with Crippen molar-refractivity contribution in [1.29, 1.82) is 5.26 Å². The van der Waals surface area contributed by atoms with Crippen LogP contribution in [0.1, 0.15) is 5.56 Å². The Bertz CT molecular complexity index is 442. The first-order valence-corrected chi connectivity index (χ1v) is 4.76. The Labute approximate surface area is 96.9 Å². The molecule has 84 valence electrons. The summed E-state index contributed by atoms with van der Waals surface area (Å²) in [6.45, 7) is -0.127. The normalized spacial score (nSPS) is 11.6. The summed E-state index contributed by atoms with van der Waals surface area (Å²) < 4.78 is 0. The third-order valence-electron chi connectivity index (χ3n) is 1.87. The van der Waals surface area contributed by atoms with Crippen LogP contribution in [0, 0.1) is 11.3 Å². The van der Waals surface area contributed by atoms with Gasteiger partial charge in [0.05, 0.1) is 17.1 Å². The van der Waals surface area contributed by atoms with Crippen molar-refractivity contribution in [3.63, 3.8) is 0 Å². The fourth-order valence-corrected chi connectivity index (χ4v) is 1.24. The zero-order valence-electron chi connectivity index (χ0n) is 8.14. The molecule has 1 aromatic rings. The van der Waals surface area contributed by atoms with Crippen LogP contribution in [0.3, 0.4) is 0 Å². The number of rotatable bonds is 4. The lowest BCUT2D eigenvalue weighted by atomic mass is 10.2. The fourth-order valence-electron chi connectivity index (χ4n) is 1.02. The van der Waals surface area contributed by atoms with E-state index in [1.54, 1.807) is 6.07 Å². The predicted octanol–water partition coefficient (Wildman–Crippen LogP) is 1.07. The number of benzene rings is 1. The van der Waals surface area contributed by atoms with E-state index in [2.05, 4.69) is 5.32 Å². The second-order valence-corrected chi connectivity index (χ2v) is 3.45. The average Bonchev–Trinajstić information content (AvgIpc) is 2.25. The van der Waals surface area contributed by atoms with Gasteiger partial charge in [0.15, 0.2) is 6.10 Å². The highest BCUT2D eigenvalue weighted by Crippen LogP contribution is 2.19. The topological polar surface area (TPSA) is 93.4 Å². The van der Waals surface area contributed by atoms with E-state index < -0.39 is 12.1 Å². The molecule has 5 nitrogen and oxygen atoms in total. The number of hydrogen-bond donors (Lipinski definition) is 3. The van der Waals surface area contributed by atoms with Crippen LogP contribution in [0.5, 0.6) is 0 Å². The van der Waals surface area contributed by atoms with Crippen molar-refractivity contribution in [3.8, 4) is 6.07 Å². The molecular formula is C10H9ClN2O3. The van der Waals surface area contributed by atoms with E-state index >= 15 is 0 Å². The zero-order chi connectivity index (χ0) is 12.1. The van der Waals surface area contributed by atoms with Crippen molar-refractivity contribution in [2.75, 3.05) is 11.9 Å². The van der Waals surface area contributed by atoms with Crippen LogP contribution in [0.4, 0.5) is 5.69 Å². The first-order valence-electron chi connectivity index (χ1n) is 4.39. The molecule has 3 N–H and O–H groups in total. The molecule has 1 unspecified atom stereocenters. The van der Waals surface area contributed by atoms with Gasteiger partial charge in [-0.2, -0.15) is 5.26 Å². The van der Waals surface area contributed by atoms with Crippen molar-refractivity contribution in [1.82, 2.24) is 0 Å². The summed E-state index contributed by atoms with van der Waals surface area (Å²) in [5.41, 5.74) is 0.885. The maximum atomic E-state index is 10.3. The van der Waals surface area contributed by atoms with Gasteiger partial charge in [0, 0.05) is 5.69 Å². The highest BCUT2D eigenvalue weighted by Gasteiger charge is 2.12. The molecule has 0 heterocycles. The first kappa shape index (κ1) is 12.3. The Morgan fingerprint density at radius 1 is 1.62 bits per heavy atom. The number of aliphatic hydroxyl groups is 1. The quantitative estimate of drug-likeness (QED) is 0.732. The minimum atomic E-state index is -1.48. The number of carbonyl (C=O) groups is 1. The molecule has 1 atom stereocenters. The van der Waals surface area contributed by atoms with Crippen molar-refractivity contribution in [2.24, 2.45) is 0 Å². The van der Waals surface area contributed by atoms with Gasteiger partial charge in [-0.15, -0.1) is 0 Å². The number of aliphatic carboxylic acids is 1. The van der Waals surface area contributed by atoms with Crippen molar-refractivity contribution < 1.29 is 15.0 Å². The van der Waals surface area contributed by atoms with Crippen LogP contribution in [-0.2, 0) is 4.79 Å². The summed E-state index contributed by atoms with van der Waals surface area (Å²) in [5.74, 6) is -1.30. The Balaban J connectivity index is 2.66. The number of nitrogens with zero attached hydrogens (tertiary/aromatic N) is 1. The number of hydrogen-bond acceptors (Lipinski definition) is 4. The van der Waals surface area contributed by atoms with Crippen molar-refractivity contribution in [2.45, 2.75) is 6.10 Å². The molecule has 0 aliphatic carbocycles. The number of carboxylic acids is 1. The summed E-state index contributed by atoms with van der Waals surface area (Å²) in [7, 11) is 0. The Hall–Kier alpha value is -1.77. The third-order valence-corrected chi connectivity index (χ3v) is 2.19. The molecule has 0 aliphatic heterocycles. The number of carboxylic acid groups (broad SMARTS) is 1. The van der Waals surface area contributed by atoms with Crippen LogP contribution >= 0.6 is 11.6 Å². The molecule has 0 saturated heterocycles. The van der Waals surface area contributed by atoms with Gasteiger partial charge in [-0.3, -0.25) is 0 Å². The standard InChI is InChI=1S/C10H9ClN2O3/c11-8-3-7(2-1-6(8)4-12)13-5-9(14)10(15)16/h1-3,9,13-14H,5H2,(H,15,16). The van der Waals surface area contributed by atoms with E-state index in [0.717, 1.165) is 0 Å². The Morgan fingerprint density at radius 2 is 2.31 bits per heavy atom. The highest BCUT2D eigenvalue weighted by atomic mass is 35.5. The molecule has 16 heavy (non-hydrogen) atoms. The van der Waals surface area contributed by atoms with Gasteiger partial charge >= 0.3 is 5.97 Å². The molecule has 0 aromatic heterocycles. The number of anilines is 1. The van der Waals surface area contributed by atoms with Crippen LogP contribution < -0.4 is 5.32 Å². The lowest BCUT2D eigenvalue weighted by molar-refractivity contribution is -0.145. The van der Waals surface area contributed by atoms with Crippen molar-refractivity contribution in [3.05, 3.63) is 28.8 Å². The van der Waals surface area contributed by atoms with Gasteiger partial charge in [-0.1, -0.05) is 11.6 Å². The molecule has 1 aromatic carbocycles. The van der Waals surface area contributed by atoms with Gasteiger partial charge < -0.3 is 15.5 Å². The number of nitriles is 1. The molecule has 1 rings (SSSR count). The lowest BCUT2D eigenvalue weighted by Crippen LogP contribution is -2.28. The summed E-state index contributed by atoms with van der Waals surface area (Å²) in [5, 5.41) is 29.0. The smallest absolute Gasteiger partial charge is 0.334 e. The first-order chi connectivity index (χ1) is 7.54. The van der Waals surface area contributed by atoms with E-state index in [4.69, 9.17) is 27.1 Å². The molecule has 0 amide bonds. The monoisotopic (exact) mass is 240 g/mol. The molecule has 0 fully saturated rings. The summed E-state index contributed by atoms with van der Waals surface area (Å²) in [6, 6.07) is 6.49. The van der Waals surface area contributed by atoms with Crippen LogP contribution in [0.2, 0.25) is 5.02 Å². The maximum Gasteiger partial charge on any atom is 0.334 e. The van der Waals surface area contributed by atoms with E-state index in [9.17, 15) is 4.79 Å². The lowest BCUT2D eigenvalue weighted by Gasteiger charge is -2.09. The molecule has 0 saturated carbocycles. The SMILES string of the molecule is N#Cc1ccc(NCC(O)C(=O)O)cc1Cl. The van der Waals surface area contributed by atoms with E-state index in [1.165, 1.54) is 12.1 Å². The predicted molar refractivity (Wildman–Crippen MR) is 58.3 cm³/mol. The largest absolute Gasteiger partial charge is 0.479 e. The summed E-state index contributed by atoms with van der Waals surface area (Å²) >= 11 is 5.77. The van der Waals surface area contributed by atoms with Crippen molar-refractivity contribution >= 4 is 23.3 Å². The van der Waals surface area contributed by atoms with Crippen LogP contribution in [0.15, 0.2) is 18.2 Å². The molecule has 0 aliphatic rings. The van der Waals surface area contributed by atoms with E-state index in [1.807, 2.05) is 6.07 Å². The molecule has 0 spiro atoms. The zero-order valence-corrected chi connectivity index (χ0v) is 8.90. The molecule has 0 bridgehead atoms. The van der Waals surface area contributed by atoms with Gasteiger partial charge in [0.2, 0.25) is 0 Å². The number of nitrogens with one attached hydrogen (secondary N) is 1. The maximum absolute atomic E-state index is 10.3. The minimum absolute atomic E-state index is 0.127. The third kappa shape index (κ3) is 3.12. The summed E-state index contributed by atoms with van der Waals surface area (Å²) in [6.07, 6.45) is -1.48. The Morgan fingerprint density at radius 3 is 2.81 bits per heavy atom. The second kappa shape index (κ2) is 5.35. The molecule has 6 heteroatoms. The number of aliphatic hydroxyl groups excluding tert-OH is 1. The Kier molecular flexibility index (Phi) is 4.11. The van der Waals surface area contributed by atoms with Gasteiger partial charge in [-0.05, 0) is 18.2 Å².